The normalized spacial score (nSPS) is 11.9. The largest absolute Gasteiger partial charge is 0.107 e. The van der Waals surface area contributed by atoms with E-state index in [0.29, 0.717) is 0 Å². The molecule has 0 aromatic carbocycles. The van der Waals surface area contributed by atoms with E-state index in [-0.39, 0.29) is 0 Å². The topological polar surface area (TPSA) is 0 Å². The Hall–Kier alpha value is -0.440. The fourth-order valence-corrected chi connectivity index (χ4v) is 0.871. The predicted octanol–water partition coefficient (Wildman–Crippen LogP) is 2.84. The maximum absolute atomic E-state index is 3.08. The molecule has 1 unspecified atom stereocenters. The lowest BCUT2D eigenvalue weighted by Gasteiger charge is -2.02. The predicted molar refractivity (Wildman–Crippen MR) is 42.1 cm³/mol. The SMILES string of the molecule is CC#CCC(C)CCC. The van der Waals surface area contributed by atoms with Gasteiger partial charge in [-0.25, -0.2) is 0 Å². The summed E-state index contributed by atoms with van der Waals surface area (Å²) < 4.78 is 0. The van der Waals surface area contributed by atoms with Crippen LogP contribution in [0.1, 0.15) is 40.0 Å². The lowest BCUT2D eigenvalue weighted by atomic mass is 10.0. The Labute approximate surface area is 58.7 Å². The minimum absolute atomic E-state index is 0.794. The van der Waals surface area contributed by atoms with E-state index in [0.717, 1.165) is 12.3 Å². The molecule has 0 spiro atoms. The third-order valence-corrected chi connectivity index (χ3v) is 1.41. The van der Waals surface area contributed by atoms with Crippen molar-refractivity contribution in [3.05, 3.63) is 0 Å². The molecule has 0 heteroatoms. The molecule has 52 valence electrons. The monoisotopic (exact) mass is 124 g/mol. The molecule has 0 aliphatic rings. The third kappa shape index (κ3) is 5.43. The second-order valence-corrected chi connectivity index (χ2v) is 2.52. The van der Waals surface area contributed by atoms with Gasteiger partial charge in [0.25, 0.3) is 0 Å². The van der Waals surface area contributed by atoms with Gasteiger partial charge in [-0.1, -0.05) is 26.7 Å². The molecule has 0 N–H and O–H groups in total. The number of rotatable bonds is 3. The molecular formula is C9H16. The summed E-state index contributed by atoms with van der Waals surface area (Å²) in [4.78, 5) is 0. The first-order valence-electron chi connectivity index (χ1n) is 3.70. The van der Waals surface area contributed by atoms with E-state index < -0.39 is 0 Å². The van der Waals surface area contributed by atoms with E-state index in [2.05, 4.69) is 25.7 Å². The zero-order valence-corrected chi connectivity index (χ0v) is 6.70. The first-order valence-corrected chi connectivity index (χ1v) is 3.70. The summed E-state index contributed by atoms with van der Waals surface area (Å²) in [5, 5.41) is 0. The maximum Gasteiger partial charge on any atom is 0.0114 e. The Morgan fingerprint density at radius 3 is 2.56 bits per heavy atom. The van der Waals surface area contributed by atoms with E-state index in [1.807, 2.05) is 6.92 Å². The summed E-state index contributed by atoms with van der Waals surface area (Å²) >= 11 is 0. The first-order chi connectivity index (χ1) is 4.31. The van der Waals surface area contributed by atoms with E-state index in [4.69, 9.17) is 0 Å². The van der Waals surface area contributed by atoms with Gasteiger partial charge < -0.3 is 0 Å². The van der Waals surface area contributed by atoms with Crippen molar-refractivity contribution in [3.8, 4) is 11.8 Å². The van der Waals surface area contributed by atoms with Crippen molar-refractivity contribution in [1.29, 1.82) is 0 Å². The van der Waals surface area contributed by atoms with Gasteiger partial charge >= 0.3 is 0 Å². The third-order valence-electron chi connectivity index (χ3n) is 1.41. The minimum atomic E-state index is 0.794. The summed E-state index contributed by atoms with van der Waals surface area (Å²) in [7, 11) is 0. The van der Waals surface area contributed by atoms with Crippen LogP contribution in [0.2, 0.25) is 0 Å². The van der Waals surface area contributed by atoms with Crippen LogP contribution >= 0.6 is 0 Å². The van der Waals surface area contributed by atoms with Gasteiger partial charge in [-0.3, -0.25) is 0 Å². The van der Waals surface area contributed by atoms with Crippen molar-refractivity contribution >= 4 is 0 Å². The number of hydrogen-bond donors (Lipinski definition) is 0. The summed E-state index contributed by atoms with van der Waals surface area (Å²) in [6.07, 6.45) is 3.67. The fourth-order valence-electron chi connectivity index (χ4n) is 0.871. The average molecular weight is 124 g/mol. The molecule has 0 heterocycles. The van der Waals surface area contributed by atoms with Crippen LogP contribution in [0.15, 0.2) is 0 Å². The van der Waals surface area contributed by atoms with Crippen LogP contribution in [0.5, 0.6) is 0 Å². The van der Waals surface area contributed by atoms with Crippen molar-refractivity contribution in [3.63, 3.8) is 0 Å². The molecule has 0 radical (unpaired) electrons. The zero-order chi connectivity index (χ0) is 7.11. The van der Waals surface area contributed by atoms with Crippen LogP contribution in [0, 0.1) is 17.8 Å². The molecule has 1 atom stereocenters. The highest BCUT2D eigenvalue weighted by molar-refractivity contribution is 4.95. The summed E-state index contributed by atoms with van der Waals surface area (Å²) in [6, 6.07) is 0. The summed E-state index contributed by atoms with van der Waals surface area (Å²) in [6.45, 7) is 6.38. The van der Waals surface area contributed by atoms with Crippen LogP contribution in [0.3, 0.4) is 0 Å². The van der Waals surface area contributed by atoms with Gasteiger partial charge in [-0.05, 0) is 12.8 Å². The van der Waals surface area contributed by atoms with Gasteiger partial charge in [-0.15, -0.1) is 11.8 Å². The smallest absolute Gasteiger partial charge is 0.0114 e. The van der Waals surface area contributed by atoms with E-state index in [9.17, 15) is 0 Å². The van der Waals surface area contributed by atoms with Gasteiger partial charge in [0.15, 0.2) is 0 Å². The van der Waals surface area contributed by atoms with Gasteiger partial charge in [-0.2, -0.15) is 0 Å². The van der Waals surface area contributed by atoms with Crippen molar-refractivity contribution in [2.45, 2.75) is 40.0 Å². The van der Waals surface area contributed by atoms with Crippen LogP contribution < -0.4 is 0 Å². The molecule has 0 aromatic heterocycles. The van der Waals surface area contributed by atoms with Crippen LogP contribution in [-0.2, 0) is 0 Å². The Bertz CT molecular complexity index is 103. The van der Waals surface area contributed by atoms with Crippen LogP contribution in [0.4, 0.5) is 0 Å². The molecule has 0 aromatic rings. The van der Waals surface area contributed by atoms with Crippen molar-refractivity contribution in [2.24, 2.45) is 5.92 Å². The van der Waals surface area contributed by atoms with Crippen molar-refractivity contribution in [1.82, 2.24) is 0 Å². The lowest BCUT2D eigenvalue weighted by molar-refractivity contribution is 0.539. The Morgan fingerprint density at radius 2 is 2.11 bits per heavy atom. The van der Waals surface area contributed by atoms with E-state index in [1.54, 1.807) is 0 Å². The molecule has 0 bridgehead atoms. The highest BCUT2D eigenvalue weighted by Crippen LogP contribution is 2.07. The molecule has 0 nitrogen and oxygen atoms in total. The molecule has 9 heavy (non-hydrogen) atoms. The highest BCUT2D eigenvalue weighted by atomic mass is 14.0. The molecule has 0 saturated heterocycles. The van der Waals surface area contributed by atoms with Crippen molar-refractivity contribution in [2.75, 3.05) is 0 Å². The molecule has 0 fully saturated rings. The Balaban J connectivity index is 3.22. The first kappa shape index (κ1) is 8.56. The highest BCUT2D eigenvalue weighted by Gasteiger charge is 1.95. The van der Waals surface area contributed by atoms with Crippen LogP contribution in [0.25, 0.3) is 0 Å². The summed E-state index contributed by atoms with van der Waals surface area (Å²) in [5.74, 6) is 6.78. The lowest BCUT2D eigenvalue weighted by Crippen LogP contribution is -1.90. The quantitative estimate of drug-likeness (QED) is 0.507. The van der Waals surface area contributed by atoms with Gasteiger partial charge in [0.2, 0.25) is 0 Å². The van der Waals surface area contributed by atoms with Crippen LogP contribution in [-0.4, -0.2) is 0 Å². The average Bonchev–Trinajstić information content (AvgIpc) is 1.85. The standard InChI is InChI=1S/C9H16/c1-4-6-8-9(3)7-5-2/h9H,5,7-8H2,1-3H3. The number of hydrogen-bond acceptors (Lipinski definition) is 0. The summed E-state index contributed by atoms with van der Waals surface area (Å²) in [5.41, 5.74) is 0. The zero-order valence-electron chi connectivity index (χ0n) is 6.70. The molecule has 0 amide bonds. The van der Waals surface area contributed by atoms with Gasteiger partial charge in [0, 0.05) is 6.42 Å². The second kappa shape index (κ2) is 5.69. The fraction of sp³-hybridized carbons (Fsp3) is 0.778. The molecule has 0 rings (SSSR count). The van der Waals surface area contributed by atoms with E-state index in [1.165, 1.54) is 12.8 Å². The van der Waals surface area contributed by atoms with Crippen molar-refractivity contribution < 1.29 is 0 Å². The molecule has 0 saturated carbocycles. The van der Waals surface area contributed by atoms with Gasteiger partial charge in [0.05, 0.1) is 0 Å². The minimum Gasteiger partial charge on any atom is -0.107 e. The van der Waals surface area contributed by atoms with Gasteiger partial charge in [0.1, 0.15) is 0 Å². The second-order valence-electron chi connectivity index (χ2n) is 2.52. The molecule has 0 aliphatic heterocycles. The molecule has 0 aliphatic carbocycles. The Morgan fingerprint density at radius 1 is 1.44 bits per heavy atom. The Kier molecular flexibility index (Phi) is 5.41. The van der Waals surface area contributed by atoms with E-state index >= 15 is 0 Å². The molecular weight excluding hydrogens is 108 g/mol. The maximum atomic E-state index is 3.08.